The van der Waals surface area contributed by atoms with Crippen molar-refractivity contribution in [2.24, 2.45) is 0 Å². The van der Waals surface area contributed by atoms with E-state index in [2.05, 4.69) is 28.4 Å². The highest BCUT2D eigenvalue weighted by Gasteiger charge is 2.36. The Balaban J connectivity index is 2.09. The first kappa shape index (κ1) is 10.1. The van der Waals surface area contributed by atoms with Gasteiger partial charge in [-0.3, -0.25) is 10.2 Å². The molecule has 0 saturated carbocycles. The molecule has 12 heavy (non-hydrogen) atoms. The van der Waals surface area contributed by atoms with Crippen LogP contribution in [0.15, 0.2) is 12.7 Å². The Bertz CT molecular complexity index is 151. The number of nitrogens with one attached hydrogen (secondary N) is 2. The summed E-state index contributed by atoms with van der Waals surface area (Å²) in [5.74, 6) is 0. The number of rotatable bonds is 6. The van der Waals surface area contributed by atoms with Gasteiger partial charge in [0.25, 0.3) is 0 Å². The lowest BCUT2D eigenvalue weighted by atomic mass is 10.6. The topological polar surface area (TPSA) is 27.1 Å². The van der Waals surface area contributed by atoms with Gasteiger partial charge in [-0.1, -0.05) is 18.0 Å². The average Bonchev–Trinajstić information content (AvgIpc) is 2.80. The van der Waals surface area contributed by atoms with Crippen molar-refractivity contribution in [3.63, 3.8) is 0 Å². The van der Waals surface area contributed by atoms with E-state index in [9.17, 15) is 0 Å². The van der Waals surface area contributed by atoms with Crippen molar-refractivity contribution in [1.29, 1.82) is 0 Å². The third-order valence-electron chi connectivity index (χ3n) is 1.93. The summed E-state index contributed by atoms with van der Waals surface area (Å²) in [6.45, 7) is 7.88. The molecule has 1 aliphatic rings. The molecule has 3 unspecified atom stereocenters. The zero-order valence-corrected chi connectivity index (χ0v) is 8.53. The monoisotopic (exact) mass is 187 g/mol. The van der Waals surface area contributed by atoms with Gasteiger partial charge in [-0.25, -0.2) is 4.72 Å². The van der Waals surface area contributed by atoms with Crippen molar-refractivity contribution >= 4 is 11.9 Å². The Morgan fingerprint density at radius 3 is 3.17 bits per heavy atom. The highest BCUT2D eigenvalue weighted by Crippen LogP contribution is 2.17. The molecule has 0 aliphatic carbocycles. The minimum atomic E-state index is 0.460. The van der Waals surface area contributed by atoms with Crippen molar-refractivity contribution < 1.29 is 0 Å². The van der Waals surface area contributed by atoms with Crippen LogP contribution in [0.25, 0.3) is 0 Å². The van der Waals surface area contributed by atoms with Gasteiger partial charge in [0.15, 0.2) is 0 Å². The normalized spacial score (nSPS) is 29.8. The Kier molecular flexibility index (Phi) is 4.08. The molecule has 3 atom stereocenters. The van der Waals surface area contributed by atoms with Gasteiger partial charge in [0.2, 0.25) is 0 Å². The molecule has 0 amide bonds. The van der Waals surface area contributed by atoms with Crippen molar-refractivity contribution in [2.75, 3.05) is 19.3 Å². The molecule has 0 spiro atoms. The van der Waals surface area contributed by atoms with Crippen LogP contribution in [0.4, 0.5) is 0 Å². The zero-order chi connectivity index (χ0) is 8.97. The summed E-state index contributed by atoms with van der Waals surface area (Å²) in [7, 11) is 0. The quantitative estimate of drug-likeness (QED) is 0.362. The maximum Gasteiger partial charge on any atom is 0.0745 e. The Morgan fingerprint density at radius 2 is 2.58 bits per heavy atom. The minimum Gasteiger partial charge on any atom is -0.297 e. The summed E-state index contributed by atoms with van der Waals surface area (Å²) in [5, 5.41) is 3.35. The fourth-order valence-electron chi connectivity index (χ4n) is 1.22. The molecule has 2 N–H and O–H groups in total. The van der Waals surface area contributed by atoms with Crippen LogP contribution in [0.1, 0.15) is 6.92 Å². The van der Waals surface area contributed by atoms with E-state index < -0.39 is 0 Å². The molecule has 0 aromatic heterocycles. The van der Waals surface area contributed by atoms with Gasteiger partial charge >= 0.3 is 0 Å². The fourth-order valence-corrected chi connectivity index (χ4v) is 1.70. The molecule has 1 rings (SSSR count). The molecule has 0 bridgehead atoms. The van der Waals surface area contributed by atoms with Gasteiger partial charge in [-0.2, -0.15) is 0 Å². The Morgan fingerprint density at radius 1 is 1.83 bits per heavy atom. The maximum atomic E-state index is 3.67. The molecular formula is C8H17N3S. The first-order chi connectivity index (χ1) is 5.79. The third kappa shape index (κ3) is 2.79. The Hall–Kier alpha value is -0.0300. The van der Waals surface area contributed by atoms with Gasteiger partial charge in [0, 0.05) is 13.1 Å². The summed E-state index contributed by atoms with van der Waals surface area (Å²) in [6, 6.07) is 0. The van der Waals surface area contributed by atoms with Gasteiger partial charge in [0.05, 0.1) is 12.3 Å². The van der Waals surface area contributed by atoms with Crippen molar-refractivity contribution in [1.82, 2.24) is 14.9 Å². The molecule has 3 nitrogen and oxygen atoms in total. The second-order valence-electron chi connectivity index (χ2n) is 2.91. The molecule has 1 fully saturated rings. The van der Waals surface area contributed by atoms with Crippen molar-refractivity contribution in [2.45, 2.75) is 19.3 Å². The standard InChI is InChI=1S/C8H17N3S/c1-4-5-9-8-6-11(8)7(2)10-12-3/h4,7-10H,1,5-6H2,2-3H3. The first-order valence-electron chi connectivity index (χ1n) is 4.18. The third-order valence-corrected chi connectivity index (χ3v) is 2.51. The van der Waals surface area contributed by atoms with Gasteiger partial charge in [-0.05, 0) is 13.2 Å². The molecule has 70 valence electrons. The molecule has 1 saturated heterocycles. The SMILES string of the molecule is C=CCNC1CN1C(C)NSC. The van der Waals surface area contributed by atoms with Crippen LogP contribution in [0.2, 0.25) is 0 Å². The maximum absolute atomic E-state index is 3.67. The molecule has 0 radical (unpaired) electrons. The average molecular weight is 187 g/mol. The Labute approximate surface area is 78.7 Å². The van der Waals surface area contributed by atoms with E-state index in [1.807, 2.05) is 12.3 Å². The van der Waals surface area contributed by atoms with Crippen LogP contribution in [0, 0.1) is 0 Å². The van der Waals surface area contributed by atoms with E-state index >= 15 is 0 Å². The smallest absolute Gasteiger partial charge is 0.0745 e. The van der Waals surface area contributed by atoms with Crippen LogP contribution in [-0.2, 0) is 0 Å². The van der Waals surface area contributed by atoms with Gasteiger partial charge in [-0.15, -0.1) is 6.58 Å². The predicted molar refractivity (Wildman–Crippen MR) is 54.8 cm³/mol. The summed E-state index contributed by atoms with van der Waals surface area (Å²) >= 11 is 1.66. The number of nitrogens with zero attached hydrogens (tertiary/aromatic N) is 1. The lowest BCUT2D eigenvalue weighted by molar-refractivity contribution is 0.366. The lowest BCUT2D eigenvalue weighted by Crippen LogP contribution is -2.32. The lowest BCUT2D eigenvalue weighted by Gasteiger charge is -2.13. The highest BCUT2D eigenvalue weighted by atomic mass is 32.2. The van der Waals surface area contributed by atoms with E-state index in [0.29, 0.717) is 12.3 Å². The van der Waals surface area contributed by atoms with E-state index in [1.165, 1.54) is 0 Å². The van der Waals surface area contributed by atoms with Crippen LogP contribution in [0.5, 0.6) is 0 Å². The molecular weight excluding hydrogens is 170 g/mol. The van der Waals surface area contributed by atoms with Crippen LogP contribution < -0.4 is 10.0 Å². The molecule has 0 aromatic carbocycles. The zero-order valence-electron chi connectivity index (χ0n) is 7.71. The summed E-state index contributed by atoms with van der Waals surface area (Å²) < 4.78 is 3.29. The largest absolute Gasteiger partial charge is 0.297 e. The highest BCUT2D eigenvalue weighted by molar-refractivity contribution is 7.96. The minimum absolute atomic E-state index is 0.460. The van der Waals surface area contributed by atoms with Gasteiger partial charge in [0.1, 0.15) is 0 Å². The second-order valence-corrected chi connectivity index (χ2v) is 3.55. The van der Waals surface area contributed by atoms with E-state index in [4.69, 9.17) is 0 Å². The summed E-state index contributed by atoms with van der Waals surface area (Å²) in [4.78, 5) is 2.36. The first-order valence-corrected chi connectivity index (χ1v) is 5.40. The molecule has 4 heteroatoms. The molecule has 1 aliphatic heterocycles. The van der Waals surface area contributed by atoms with Crippen molar-refractivity contribution in [3.05, 3.63) is 12.7 Å². The number of hydrogen-bond donors (Lipinski definition) is 2. The summed E-state index contributed by atoms with van der Waals surface area (Å²) in [6.07, 6.45) is 4.95. The van der Waals surface area contributed by atoms with E-state index in [1.54, 1.807) is 11.9 Å². The van der Waals surface area contributed by atoms with Crippen molar-refractivity contribution in [3.8, 4) is 0 Å². The van der Waals surface area contributed by atoms with Gasteiger partial charge < -0.3 is 0 Å². The second kappa shape index (κ2) is 4.87. The van der Waals surface area contributed by atoms with E-state index in [0.717, 1.165) is 13.1 Å². The fraction of sp³-hybridized carbons (Fsp3) is 0.750. The number of hydrogen-bond acceptors (Lipinski definition) is 4. The van der Waals surface area contributed by atoms with Crippen LogP contribution in [-0.4, -0.2) is 36.6 Å². The molecule has 1 heterocycles. The van der Waals surface area contributed by atoms with Crippen LogP contribution >= 0.6 is 11.9 Å². The summed E-state index contributed by atoms with van der Waals surface area (Å²) in [5.41, 5.74) is 0. The molecule has 0 aromatic rings. The predicted octanol–water partition coefficient (Wildman–Crippen LogP) is 0.617. The van der Waals surface area contributed by atoms with Crippen LogP contribution in [0.3, 0.4) is 0 Å². The van der Waals surface area contributed by atoms with E-state index in [-0.39, 0.29) is 0 Å².